The normalized spacial score (nSPS) is 12.4. The summed E-state index contributed by atoms with van der Waals surface area (Å²) in [5.74, 6) is -2.19. The molecule has 0 saturated heterocycles. The van der Waals surface area contributed by atoms with E-state index in [1.165, 1.54) is 29.0 Å². The second kappa shape index (κ2) is 18.2. The molecule has 1 aromatic heterocycles. The van der Waals surface area contributed by atoms with Crippen molar-refractivity contribution in [2.24, 2.45) is 0 Å². The van der Waals surface area contributed by atoms with Crippen LogP contribution < -0.4 is 11.0 Å². The van der Waals surface area contributed by atoms with E-state index in [-0.39, 0.29) is 30.8 Å². The minimum atomic E-state index is -1.14. The Labute approximate surface area is 282 Å². The molecule has 0 aliphatic heterocycles. The molecule has 258 valence electrons. The minimum Gasteiger partial charge on any atom is -0.466 e. The Morgan fingerprint density at radius 2 is 1.81 bits per heavy atom. The highest BCUT2D eigenvalue weighted by Gasteiger charge is 2.29. The Morgan fingerprint density at radius 3 is 2.48 bits per heavy atom. The van der Waals surface area contributed by atoms with Gasteiger partial charge in [-0.2, -0.15) is 0 Å². The van der Waals surface area contributed by atoms with Crippen LogP contribution >= 0.6 is 0 Å². The maximum atomic E-state index is 16.1. The number of aryl methyl sites for hydroxylation is 3. The predicted molar refractivity (Wildman–Crippen MR) is 186 cm³/mol. The van der Waals surface area contributed by atoms with Gasteiger partial charge in [-0.05, 0) is 131 Å². The van der Waals surface area contributed by atoms with Crippen LogP contribution in [0, 0.1) is 25.5 Å². The Bertz CT molecular complexity index is 1670. The fourth-order valence-corrected chi connectivity index (χ4v) is 5.80. The third-order valence-corrected chi connectivity index (χ3v) is 8.17. The van der Waals surface area contributed by atoms with Crippen molar-refractivity contribution in [1.29, 1.82) is 0 Å². The standard InChI is InChI=1S/C38H48F2N4O4/c1-8-11-12-13-15-28-20-30(39)19-25(4)35(28)29-18-26(5)36(40)31(21-29)32(22-34(45)48-10-3)42-37(46)33(14-9-2)44-24-27(16-17-43(6)7)23-41-38(44)47/h8-9,18-21,23-24,32-33H,1-2,10-17,22H2,3-7H3,(H,42,46)/t32-,33-/m0/s1. The van der Waals surface area contributed by atoms with Crippen molar-refractivity contribution >= 4 is 11.9 Å². The molecule has 2 atom stereocenters. The van der Waals surface area contributed by atoms with Crippen molar-refractivity contribution in [3.05, 3.63) is 112 Å². The molecule has 0 radical (unpaired) electrons. The highest BCUT2D eigenvalue weighted by atomic mass is 19.1. The van der Waals surface area contributed by atoms with Crippen LogP contribution in [0.5, 0.6) is 0 Å². The lowest BCUT2D eigenvalue weighted by molar-refractivity contribution is -0.144. The highest BCUT2D eigenvalue weighted by molar-refractivity contribution is 5.82. The molecule has 0 aliphatic rings. The molecule has 3 rings (SSSR count). The van der Waals surface area contributed by atoms with Gasteiger partial charge in [-0.25, -0.2) is 18.6 Å². The summed E-state index contributed by atoms with van der Waals surface area (Å²) in [6.07, 6.45) is 9.94. The number of benzene rings is 2. The summed E-state index contributed by atoms with van der Waals surface area (Å²) < 4.78 is 37.1. The molecule has 2 aromatic carbocycles. The Kier molecular flexibility index (Phi) is 14.4. The molecule has 48 heavy (non-hydrogen) atoms. The van der Waals surface area contributed by atoms with Crippen LogP contribution in [-0.4, -0.2) is 53.6 Å². The van der Waals surface area contributed by atoms with Crippen molar-refractivity contribution in [3.63, 3.8) is 0 Å². The van der Waals surface area contributed by atoms with Gasteiger partial charge >= 0.3 is 11.7 Å². The molecular weight excluding hydrogens is 614 g/mol. The Morgan fingerprint density at radius 1 is 1.06 bits per heavy atom. The zero-order valence-corrected chi connectivity index (χ0v) is 28.8. The molecule has 3 aromatic rings. The summed E-state index contributed by atoms with van der Waals surface area (Å²) in [4.78, 5) is 45.7. The summed E-state index contributed by atoms with van der Waals surface area (Å²) in [6.45, 7) is 13.4. The van der Waals surface area contributed by atoms with Crippen LogP contribution in [0.3, 0.4) is 0 Å². The number of rotatable bonds is 18. The first-order chi connectivity index (χ1) is 22.9. The zero-order chi connectivity index (χ0) is 35.4. The van der Waals surface area contributed by atoms with Crippen LogP contribution in [0.25, 0.3) is 11.1 Å². The number of amides is 1. The summed E-state index contributed by atoms with van der Waals surface area (Å²) in [5, 5.41) is 2.84. The number of esters is 1. The number of halogens is 2. The predicted octanol–water partition coefficient (Wildman–Crippen LogP) is 6.74. The minimum absolute atomic E-state index is 0.0790. The first-order valence-corrected chi connectivity index (χ1v) is 16.4. The van der Waals surface area contributed by atoms with Gasteiger partial charge in [0.05, 0.1) is 19.1 Å². The quantitative estimate of drug-likeness (QED) is 0.0922. The zero-order valence-electron chi connectivity index (χ0n) is 28.8. The number of carbonyl (C=O) groups is 2. The number of nitrogens with zero attached hydrogens (tertiary/aromatic N) is 3. The molecular formula is C38H48F2N4O4. The fraction of sp³-hybridized carbons (Fsp3) is 0.421. The molecule has 1 heterocycles. The van der Waals surface area contributed by atoms with E-state index in [4.69, 9.17) is 4.74 Å². The van der Waals surface area contributed by atoms with Gasteiger partial charge in [0, 0.05) is 24.5 Å². The SMILES string of the molecule is C=CCCCCc1cc(F)cc(C)c1-c1cc(C)c(F)c([C@H](CC(=O)OCC)NC(=O)[C@H](CC=C)n2cc(CCN(C)C)cnc2=O)c1. The average Bonchev–Trinajstić information content (AvgIpc) is 3.02. The Hall–Kier alpha value is -4.44. The summed E-state index contributed by atoms with van der Waals surface area (Å²) in [7, 11) is 3.86. The van der Waals surface area contributed by atoms with Gasteiger partial charge < -0.3 is 15.0 Å². The monoisotopic (exact) mass is 662 g/mol. The lowest BCUT2D eigenvalue weighted by Gasteiger charge is -2.25. The molecule has 0 bridgehead atoms. The number of carbonyl (C=O) groups excluding carboxylic acids is 2. The molecule has 0 unspecified atom stereocenters. The van der Waals surface area contributed by atoms with Crippen molar-refractivity contribution in [3.8, 4) is 11.1 Å². The molecule has 0 spiro atoms. The number of allylic oxidation sites excluding steroid dienone is 2. The van der Waals surface area contributed by atoms with E-state index in [9.17, 15) is 18.8 Å². The van der Waals surface area contributed by atoms with E-state index in [1.54, 1.807) is 39.1 Å². The third-order valence-electron chi connectivity index (χ3n) is 8.17. The van der Waals surface area contributed by atoms with Crippen molar-refractivity contribution in [2.45, 2.75) is 77.8 Å². The van der Waals surface area contributed by atoms with Crippen LogP contribution in [0.4, 0.5) is 8.78 Å². The van der Waals surface area contributed by atoms with Crippen molar-refractivity contribution < 1.29 is 23.1 Å². The van der Waals surface area contributed by atoms with Crippen LogP contribution in [-0.2, 0) is 27.2 Å². The van der Waals surface area contributed by atoms with Gasteiger partial charge in [-0.1, -0.05) is 12.2 Å². The van der Waals surface area contributed by atoms with E-state index in [0.29, 0.717) is 36.1 Å². The lowest BCUT2D eigenvalue weighted by Crippen LogP contribution is -2.40. The van der Waals surface area contributed by atoms with E-state index in [0.717, 1.165) is 36.0 Å². The number of hydrogen-bond acceptors (Lipinski definition) is 6. The summed E-state index contributed by atoms with van der Waals surface area (Å²) in [6, 6.07) is 4.06. The van der Waals surface area contributed by atoms with Crippen molar-refractivity contribution in [1.82, 2.24) is 19.8 Å². The van der Waals surface area contributed by atoms with Crippen LogP contribution in [0.2, 0.25) is 0 Å². The summed E-state index contributed by atoms with van der Waals surface area (Å²) >= 11 is 0. The topological polar surface area (TPSA) is 93.5 Å². The molecule has 10 heteroatoms. The van der Waals surface area contributed by atoms with Crippen molar-refractivity contribution in [2.75, 3.05) is 27.2 Å². The smallest absolute Gasteiger partial charge is 0.348 e. The Balaban J connectivity index is 2.10. The van der Waals surface area contributed by atoms with Gasteiger partial charge in [0.2, 0.25) is 5.91 Å². The summed E-state index contributed by atoms with van der Waals surface area (Å²) in [5.41, 5.74) is 3.40. The maximum Gasteiger partial charge on any atom is 0.348 e. The molecule has 8 nitrogen and oxygen atoms in total. The number of unbranched alkanes of at least 4 members (excludes halogenated alkanes) is 2. The average molecular weight is 663 g/mol. The largest absolute Gasteiger partial charge is 0.466 e. The highest BCUT2D eigenvalue weighted by Crippen LogP contribution is 2.35. The molecule has 0 aliphatic carbocycles. The second-order valence-electron chi connectivity index (χ2n) is 12.3. The second-order valence-corrected chi connectivity index (χ2v) is 12.3. The number of likely N-dealkylation sites (N-methyl/N-ethyl adjacent to an activating group) is 1. The van der Waals surface area contributed by atoms with Gasteiger partial charge in [-0.3, -0.25) is 14.2 Å². The number of nitrogens with one attached hydrogen (secondary N) is 1. The van der Waals surface area contributed by atoms with Crippen LogP contribution in [0.1, 0.15) is 78.9 Å². The number of aromatic nitrogens is 2. The molecule has 0 fully saturated rings. The van der Waals surface area contributed by atoms with Crippen LogP contribution in [0.15, 0.2) is 66.8 Å². The first kappa shape index (κ1) is 38.0. The first-order valence-electron chi connectivity index (χ1n) is 16.4. The van der Waals surface area contributed by atoms with E-state index >= 15 is 4.39 Å². The fourth-order valence-electron chi connectivity index (χ4n) is 5.80. The lowest BCUT2D eigenvalue weighted by atomic mass is 9.88. The third kappa shape index (κ3) is 10.3. The van der Waals surface area contributed by atoms with Gasteiger partial charge in [-0.15, -0.1) is 13.2 Å². The van der Waals surface area contributed by atoms with E-state index < -0.39 is 35.5 Å². The van der Waals surface area contributed by atoms with E-state index in [2.05, 4.69) is 23.5 Å². The van der Waals surface area contributed by atoms with Gasteiger partial charge in [0.1, 0.15) is 17.7 Å². The number of ether oxygens (including phenoxy) is 1. The van der Waals surface area contributed by atoms with Gasteiger partial charge in [0.15, 0.2) is 0 Å². The molecule has 0 saturated carbocycles. The van der Waals surface area contributed by atoms with Gasteiger partial charge in [0.25, 0.3) is 0 Å². The maximum absolute atomic E-state index is 16.1. The molecule has 1 amide bonds. The molecule has 1 N–H and O–H groups in total. The number of hydrogen-bond donors (Lipinski definition) is 1. The van der Waals surface area contributed by atoms with E-state index in [1.807, 2.05) is 25.1 Å².